The third-order valence-corrected chi connectivity index (χ3v) is 5.81. The number of amides is 2. The highest BCUT2D eigenvalue weighted by Crippen LogP contribution is 2.38. The quantitative estimate of drug-likeness (QED) is 0.641. The van der Waals surface area contributed by atoms with Crippen LogP contribution in [0, 0.1) is 13.8 Å². The highest BCUT2D eigenvalue weighted by atomic mass is 16.6. The average molecular weight is 430 g/mol. The molecule has 1 aromatic heterocycles. The van der Waals surface area contributed by atoms with Crippen molar-refractivity contribution >= 4 is 23.6 Å². The zero-order chi connectivity index (χ0) is 22.4. The van der Waals surface area contributed by atoms with E-state index in [1.165, 1.54) is 4.90 Å². The number of likely N-dealkylation sites (tertiary alicyclic amines) is 1. The Bertz CT molecular complexity index is 1250. The maximum absolute atomic E-state index is 13.3. The van der Waals surface area contributed by atoms with Gasteiger partial charge in [-0.15, -0.1) is 0 Å². The molecule has 5 rings (SSSR count). The number of ether oxygens (including phenoxy) is 1. The predicted octanol–water partition coefficient (Wildman–Crippen LogP) is 3.29. The van der Waals surface area contributed by atoms with Crippen LogP contribution in [0.2, 0.25) is 0 Å². The highest BCUT2D eigenvalue weighted by Gasteiger charge is 2.46. The summed E-state index contributed by atoms with van der Waals surface area (Å²) in [4.78, 5) is 39.7. The molecule has 3 heterocycles. The number of carbonyl (C=O) groups is 3. The molecule has 2 amide bonds. The first-order valence-electron chi connectivity index (χ1n) is 10.5. The third-order valence-electron chi connectivity index (χ3n) is 5.81. The van der Waals surface area contributed by atoms with Crippen LogP contribution in [0.1, 0.15) is 46.2 Å². The van der Waals surface area contributed by atoms with Crippen molar-refractivity contribution in [3.05, 3.63) is 77.0 Å². The highest BCUT2D eigenvalue weighted by molar-refractivity contribution is 6.00. The van der Waals surface area contributed by atoms with Crippen molar-refractivity contribution in [2.24, 2.45) is 0 Å². The maximum Gasteiger partial charge on any atom is 0.340 e. The summed E-state index contributed by atoms with van der Waals surface area (Å²) in [5.41, 5.74) is 3.67. The summed E-state index contributed by atoms with van der Waals surface area (Å²) < 4.78 is 7.17. The van der Waals surface area contributed by atoms with Gasteiger partial charge in [0, 0.05) is 18.1 Å². The van der Waals surface area contributed by atoms with Gasteiger partial charge in [-0.25, -0.2) is 9.48 Å². The number of benzene rings is 2. The SMILES string of the molecule is Cc1cccc(-n2nc(C)cc2NC(=O)[C@H]2CCC(=O)N2[C@@H]2OC(=O)c3ccccc32)c1. The van der Waals surface area contributed by atoms with Gasteiger partial charge in [-0.1, -0.05) is 30.3 Å². The fraction of sp³-hybridized carbons (Fsp3) is 0.250. The van der Waals surface area contributed by atoms with Crippen molar-refractivity contribution in [1.29, 1.82) is 0 Å². The lowest BCUT2D eigenvalue weighted by molar-refractivity contribution is -0.144. The van der Waals surface area contributed by atoms with Crippen molar-refractivity contribution in [2.75, 3.05) is 5.32 Å². The topological polar surface area (TPSA) is 93.5 Å². The smallest absolute Gasteiger partial charge is 0.340 e. The lowest BCUT2D eigenvalue weighted by atomic mass is 10.1. The largest absolute Gasteiger partial charge is 0.433 e. The number of nitrogens with one attached hydrogen (secondary N) is 1. The summed E-state index contributed by atoms with van der Waals surface area (Å²) in [5, 5.41) is 7.43. The molecule has 3 aromatic rings. The fourth-order valence-electron chi connectivity index (χ4n) is 4.34. The number of cyclic esters (lactones) is 1. The number of anilines is 1. The number of aromatic nitrogens is 2. The van der Waals surface area contributed by atoms with E-state index in [-0.39, 0.29) is 18.2 Å². The molecule has 1 fully saturated rings. The number of fused-ring (bicyclic) bond motifs is 1. The van der Waals surface area contributed by atoms with Crippen molar-refractivity contribution in [1.82, 2.24) is 14.7 Å². The van der Waals surface area contributed by atoms with Crippen LogP contribution in [0.4, 0.5) is 5.82 Å². The van der Waals surface area contributed by atoms with Crippen LogP contribution in [-0.2, 0) is 14.3 Å². The first kappa shape index (κ1) is 20.0. The number of hydrogen-bond donors (Lipinski definition) is 1. The monoisotopic (exact) mass is 430 g/mol. The van der Waals surface area contributed by atoms with E-state index in [0.29, 0.717) is 23.4 Å². The fourth-order valence-corrected chi connectivity index (χ4v) is 4.34. The molecule has 0 bridgehead atoms. The van der Waals surface area contributed by atoms with Crippen LogP contribution in [0.3, 0.4) is 0 Å². The summed E-state index contributed by atoms with van der Waals surface area (Å²) in [7, 11) is 0. The van der Waals surface area contributed by atoms with Gasteiger partial charge in [-0.3, -0.25) is 14.5 Å². The average Bonchev–Trinajstić information content (AvgIpc) is 3.43. The van der Waals surface area contributed by atoms with Gasteiger partial charge in [-0.05, 0) is 44.0 Å². The first-order chi connectivity index (χ1) is 15.4. The van der Waals surface area contributed by atoms with E-state index in [1.54, 1.807) is 35.0 Å². The molecule has 1 N–H and O–H groups in total. The molecule has 0 radical (unpaired) electrons. The lowest BCUT2D eigenvalue weighted by Crippen LogP contribution is -2.44. The maximum atomic E-state index is 13.3. The zero-order valence-corrected chi connectivity index (χ0v) is 17.7. The van der Waals surface area contributed by atoms with Gasteiger partial charge in [0.2, 0.25) is 18.0 Å². The normalized spacial score (nSPS) is 19.8. The minimum atomic E-state index is -0.895. The van der Waals surface area contributed by atoms with Gasteiger partial charge in [0.1, 0.15) is 11.9 Å². The second kappa shape index (κ2) is 7.64. The summed E-state index contributed by atoms with van der Waals surface area (Å²) >= 11 is 0. The Morgan fingerprint density at radius 1 is 1.09 bits per heavy atom. The number of carbonyl (C=O) groups excluding carboxylic acids is 3. The second-order valence-corrected chi connectivity index (χ2v) is 8.11. The number of aryl methyl sites for hydroxylation is 2. The summed E-state index contributed by atoms with van der Waals surface area (Å²) in [6.07, 6.45) is -0.337. The molecule has 0 aliphatic carbocycles. The second-order valence-electron chi connectivity index (χ2n) is 8.11. The van der Waals surface area contributed by atoms with Crippen LogP contribution in [0.15, 0.2) is 54.6 Å². The van der Waals surface area contributed by atoms with Crippen LogP contribution in [0.5, 0.6) is 0 Å². The van der Waals surface area contributed by atoms with Crippen LogP contribution >= 0.6 is 0 Å². The molecule has 0 unspecified atom stereocenters. The first-order valence-corrected chi connectivity index (χ1v) is 10.5. The molecule has 0 saturated carbocycles. The van der Waals surface area contributed by atoms with Gasteiger partial charge in [0.05, 0.1) is 16.9 Å². The Hall–Kier alpha value is -3.94. The van der Waals surface area contributed by atoms with Crippen molar-refractivity contribution in [2.45, 2.75) is 39.0 Å². The molecular weight excluding hydrogens is 408 g/mol. The Morgan fingerprint density at radius 3 is 2.72 bits per heavy atom. The number of hydrogen-bond acceptors (Lipinski definition) is 5. The molecule has 0 spiro atoms. The Morgan fingerprint density at radius 2 is 1.91 bits per heavy atom. The van der Waals surface area contributed by atoms with E-state index in [2.05, 4.69) is 10.4 Å². The Kier molecular flexibility index (Phi) is 4.77. The molecule has 2 aromatic carbocycles. The summed E-state index contributed by atoms with van der Waals surface area (Å²) in [6, 6.07) is 15.8. The van der Waals surface area contributed by atoms with Crippen molar-refractivity contribution < 1.29 is 19.1 Å². The van der Waals surface area contributed by atoms with Crippen LogP contribution < -0.4 is 5.32 Å². The van der Waals surface area contributed by atoms with Gasteiger partial charge in [-0.2, -0.15) is 5.10 Å². The minimum Gasteiger partial charge on any atom is -0.433 e. The third kappa shape index (κ3) is 3.33. The number of esters is 1. The van der Waals surface area contributed by atoms with Gasteiger partial charge < -0.3 is 10.1 Å². The molecule has 1 saturated heterocycles. The lowest BCUT2D eigenvalue weighted by Gasteiger charge is -2.29. The van der Waals surface area contributed by atoms with Crippen LogP contribution in [-0.4, -0.2) is 38.5 Å². The molecule has 8 nitrogen and oxygen atoms in total. The van der Waals surface area contributed by atoms with Crippen LogP contribution in [0.25, 0.3) is 5.69 Å². The predicted molar refractivity (Wildman–Crippen MR) is 116 cm³/mol. The van der Waals surface area contributed by atoms with Crippen molar-refractivity contribution in [3.63, 3.8) is 0 Å². The van der Waals surface area contributed by atoms with E-state index in [1.807, 2.05) is 38.1 Å². The standard InChI is InChI=1S/C24H22N4O4/c1-14-6-5-7-16(12-14)28-20(13-15(2)26-28)25-22(30)19-10-11-21(29)27(19)23-17-8-3-4-9-18(17)24(31)32-23/h3-9,12-13,19,23H,10-11H2,1-2H3,(H,25,30)/t19-,23-/m1/s1. The van der Waals surface area contributed by atoms with E-state index in [0.717, 1.165) is 16.9 Å². The molecule has 2 aliphatic rings. The van der Waals surface area contributed by atoms with Gasteiger partial charge in [0.15, 0.2) is 0 Å². The molecular formula is C24H22N4O4. The van der Waals surface area contributed by atoms with E-state index < -0.39 is 18.2 Å². The minimum absolute atomic E-state index is 0.213. The van der Waals surface area contributed by atoms with E-state index in [4.69, 9.17) is 4.74 Å². The molecule has 2 atom stereocenters. The zero-order valence-electron chi connectivity index (χ0n) is 17.7. The summed E-state index contributed by atoms with van der Waals surface area (Å²) in [5.74, 6) is -0.535. The Labute approximate surface area is 184 Å². The van der Waals surface area contributed by atoms with Gasteiger partial charge in [0.25, 0.3) is 0 Å². The van der Waals surface area contributed by atoms with Crippen molar-refractivity contribution in [3.8, 4) is 5.69 Å². The van der Waals surface area contributed by atoms with Gasteiger partial charge >= 0.3 is 5.97 Å². The molecule has 8 heteroatoms. The van der Waals surface area contributed by atoms with E-state index in [9.17, 15) is 14.4 Å². The van der Waals surface area contributed by atoms with E-state index >= 15 is 0 Å². The summed E-state index contributed by atoms with van der Waals surface area (Å²) in [6.45, 7) is 3.84. The number of nitrogens with zero attached hydrogens (tertiary/aromatic N) is 3. The Balaban J connectivity index is 1.43. The molecule has 32 heavy (non-hydrogen) atoms. The molecule has 2 aliphatic heterocycles. The molecule has 162 valence electrons. The number of rotatable bonds is 4.